The Balaban J connectivity index is -0.0000001000. The molecule has 0 aliphatic carbocycles. The summed E-state index contributed by atoms with van der Waals surface area (Å²) in [5, 5.41) is 47.3. The molecule has 0 aromatic heterocycles. The molecule has 0 rings (SSSR count). The molecule has 0 aromatic rings. The zero-order chi connectivity index (χ0) is 17.6. The Hall–Kier alpha value is 1.33. The Kier molecular flexibility index (Phi) is 34.7. The van der Waals surface area contributed by atoms with Crippen LogP contribution in [0.15, 0.2) is 0 Å². The van der Waals surface area contributed by atoms with Gasteiger partial charge >= 0.3 is 88.7 Å². The molecule has 0 aromatic carbocycles. The molecule has 0 heterocycles. The molecule has 0 amide bonds. The normalized spacial score (nSPS) is 9.24. The third-order valence-electron chi connectivity index (χ3n) is 2.77. The van der Waals surface area contributed by atoms with Crippen LogP contribution in [0.25, 0.3) is 0 Å². The van der Waals surface area contributed by atoms with Crippen molar-refractivity contribution in [2.24, 2.45) is 0 Å². The Bertz CT molecular complexity index is 331. The SMILES string of the molecule is CCCCCCCCO.O=C([O-])CC(O)(CC(=O)[O-])C(=O)[O-].[Na+].[Na+].[Na+]. The van der Waals surface area contributed by atoms with E-state index < -0.39 is 36.4 Å². The molecule has 130 valence electrons. The van der Waals surface area contributed by atoms with Crippen molar-refractivity contribution in [3.05, 3.63) is 0 Å². The van der Waals surface area contributed by atoms with Crippen molar-refractivity contribution in [3.8, 4) is 0 Å². The zero-order valence-corrected chi connectivity index (χ0v) is 21.7. The maximum atomic E-state index is 10.1. The van der Waals surface area contributed by atoms with Gasteiger partial charge in [0.1, 0.15) is 5.60 Å². The van der Waals surface area contributed by atoms with Gasteiger partial charge in [0.05, 0.1) is 5.97 Å². The van der Waals surface area contributed by atoms with Crippen LogP contribution in [0.1, 0.15) is 58.3 Å². The molecule has 2 N–H and O–H groups in total. The molecule has 0 spiro atoms. The smallest absolute Gasteiger partial charge is 0.550 e. The van der Waals surface area contributed by atoms with Crippen molar-refractivity contribution >= 4 is 17.9 Å². The maximum absolute atomic E-state index is 10.1. The van der Waals surface area contributed by atoms with Crippen molar-refractivity contribution in [1.29, 1.82) is 0 Å². The molecule has 0 atom stereocenters. The number of carbonyl (C=O) groups is 3. The number of aliphatic hydroxyl groups excluding tert-OH is 1. The molecule has 0 aliphatic heterocycles. The maximum Gasteiger partial charge on any atom is 1.00 e. The number of hydrogen-bond donors (Lipinski definition) is 2. The fourth-order valence-corrected chi connectivity index (χ4v) is 1.58. The molecule has 0 bridgehead atoms. The molecule has 0 fully saturated rings. The van der Waals surface area contributed by atoms with Gasteiger partial charge in [-0.25, -0.2) is 0 Å². The number of hydrogen-bond acceptors (Lipinski definition) is 8. The minimum Gasteiger partial charge on any atom is -0.550 e. The van der Waals surface area contributed by atoms with E-state index in [1.807, 2.05) is 0 Å². The van der Waals surface area contributed by atoms with E-state index in [1.165, 1.54) is 32.1 Å². The summed E-state index contributed by atoms with van der Waals surface area (Å²) in [6.07, 6.45) is 4.78. The Morgan fingerprint density at radius 3 is 1.44 bits per heavy atom. The van der Waals surface area contributed by atoms with Gasteiger partial charge in [-0.15, -0.1) is 0 Å². The van der Waals surface area contributed by atoms with Crippen LogP contribution in [0.2, 0.25) is 0 Å². The van der Waals surface area contributed by atoms with Crippen LogP contribution in [-0.2, 0) is 14.4 Å². The molecule has 0 aliphatic rings. The van der Waals surface area contributed by atoms with Gasteiger partial charge in [-0.05, 0) is 6.42 Å². The standard InChI is InChI=1S/C8H18O.C6H8O7.3Na/c1-2-3-4-5-6-7-8-9;7-3(8)1-6(13,5(11)12)2-4(9)10;;;/h9H,2-8H2,1H3;13H,1-2H2,(H,7,8)(H,9,10)(H,11,12);;;/q;;3*+1/p-3. The van der Waals surface area contributed by atoms with Gasteiger partial charge in [-0.3, -0.25) is 0 Å². The average molecular weight is 388 g/mol. The number of carboxylic acids is 3. The van der Waals surface area contributed by atoms with Crippen LogP contribution < -0.4 is 104 Å². The number of aliphatic hydroxyl groups is 2. The van der Waals surface area contributed by atoms with Crippen molar-refractivity contribution in [1.82, 2.24) is 0 Å². The van der Waals surface area contributed by atoms with Crippen LogP contribution in [0.3, 0.4) is 0 Å². The molecule has 8 nitrogen and oxygen atoms in total. The van der Waals surface area contributed by atoms with E-state index in [9.17, 15) is 29.7 Å². The summed E-state index contributed by atoms with van der Waals surface area (Å²) in [6, 6.07) is 0. The van der Waals surface area contributed by atoms with Crippen LogP contribution in [0, 0.1) is 0 Å². The summed E-state index contributed by atoms with van der Waals surface area (Å²) >= 11 is 0. The Labute approximate surface area is 214 Å². The predicted molar refractivity (Wildman–Crippen MR) is 69.7 cm³/mol. The number of aliphatic carboxylic acids is 3. The van der Waals surface area contributed by atoms with Gasteiger partial charge in [0.2, 0.25) is 0 Å². The Morgan fingerprint density at radius 2 is 1.16 bits per heavy atom. The summed E-state index contributed by atoms with van der Waals surface area (Å²) < 4.78 is 0. The largest absolute Gasteiger partial charge is 1.00 e. The van der Waals surface area contributed by atoms with E-state index in [2.05, 4.69) is 6.92 Å². The quantitative estimate of drug-likeness (QED) is 0.261. The minimum atomic E-state index is -2.97. The molecule has 0 saturated carbocycles. The van der Waals surface area contributed by atoms with Crippen LogP contribution in [0.5, 0.6) is 0 Å². The molecule has 0 radical (unpaired) electrons. The van der Waals surface area contributed by atoms with Crippen molar-refractivity contribution in [2.45, 2.75) is 63.9 Å². The number of rotatable bonds is 11. The second-order valence-corrected chi connectivity index (χ2v) is 4.91. The topological polar surface area (TPSA) is 161 Å². The van der Waals surface area contributed by atoms with E-state index in [1.54, 1.807) is 0 Å². The van der Waals surface area contributed by atoms with Crippen LogP contribution >= 0.6 is 0 Å². The summed E-state index contributed by atoms with van der Waals surface area (Å²) in [6.45, 7) is 2.58. The van der Waals surface area contributed by atoms with E-state index in [-0.39, 0.29) is 88.7 Å². The van der Waals surface area contributed by atoms with E-state index in [0.29, 0.717) is 6.61 Å². The van der Waals surface area contributed by atoms with Crippen LogP contribution in [0.4, 0.5) is 0 Å². The van der Waals surface area contributed by atoms with Crippen molar-refractivity contribution in [3.63, 3.8) is 0 Å². The molecular formula is C14H23Na3O8. The van der Waals surface area contributed by atoms with E-state index >= 15 is 0 Å². The van der Waals surface area contributed by atoms with Gasteiger partial charge in [-0.1, -0.05) is 39.0 Å². The van der Waals surface area contributed by atoms with Gasteiger partial charge in [0.25, 0.3) is 0 Å². The average Bonchev–Trinajstić information content (AvgIpc) is 2.37. The zero-order valence-electron chi connectivity index (χ0n) is 15.7. The molecular weight excluding hydrogens is 365 g/mol. The third-order valence-corrected chi connectivity index (χ3v) is 2.77. The van der Waals surface area contributed by atoms with E-state index in [4.69, 9.17) is 10.2 Å². The van der Waals surface area contributed by atoms with Gasteiger partial charge < -0.3 is 39.9 Å². The number of unbranched alkanes of at least 4 members (excludes halogenated alkanes) is 5. The second kappa shape index (κ2) is 23.4. The fourth-order valence-electron chi connectivity index (χ4n) is 1.58. The van der Waals surface area contributed by atoms with E-state index in [0.717, 1.165) is 6.42 Å². The first-order valence-corrected chi connectivity index (χ1v) is 7.14. The summed E-state index contributed by atoms with van der Waals surface area (Å²) in [5.74, 6) is -5.98. The number of carboxylic acid groups (broad SMARTS) is 3. The fraction of sp³-hybridized carbons (Fsp3) is 0.786. The first kappa shape index (κ1) is 37.1. The summed E-state index contributed by atoms with van der Waals surface area (Å²) in [7, 11) is 0. The van der Waals surface area contributed by atoms with Crippen molar-refractivity contribution in [2.75, 3.05) is 6.61 Å². The van der Waals surface area contributed by atoms with Gasteiger partial charge in [0.15, 0.2) is 0 Å². The summed E-state index contributed by atoms with van der Waals surface area (Å²) in [5.41, 5.74) is -2.97. The summed E-state index contributed by atoms with van der Waals surface area (Å²) in [4.78, 5) is 30.0. The molecule has 0 unspecified atom stereocenters. The predicted octanol–water partition coefficient (Wildman–Crippen LogP) is -11.9. The molecule has 25 heavy (non-hydrogen) atoms. The first-order chi connectivity index (χ1) is 10.2. The monoisotopic (exact) mass is 388 g/mol. The van der Waals surface area contributed by atoms with Crippen molar-refractivity contribution < 1.29 is 129 Å². The van der Waals surface area contributed by atoms with Gasteiger partial charge in [0, 0.05) is 31.4 Å². The second-order valence-electron chi connectivity index (χ2n) is 4.91. The van der Waals surface area contributed by atoms with Gasteiger partial charge in [-0.2, -0.15) is 0 Å². The molecule has 11 heteroatoms. The Morgan fingerprint density at radius 1 is 0.800 bits per heavy atom. The first-order valence-electron chi connectivity index (χ1n) is 7.14. The third kappa shape index (κ3) is 25.3. The molecule has 0 saturated heterocycles. The number of carbonyl (C=O) groups excluding carboxylic acids is 3. The minimum absolute atomic E-state index is 0. The van der Waals surface area contributed by atoms with Crippen LogP contribution in [-0.4, -0.2) is 40.3 Å².